The zero-order valence-corrected chi connectivity index (χ0v) is 21.5. The highest BCUT2D eigenvalue weighted by Crippen LogP contribution is 2.16. The maximum Gasteiger partial charge on any atom is 0.337 e. The topological polar surface area (TPSA) is 181 Å². The van der Waals surface area contributed by atoms with Gasteiger partial charge < -0.3 is 20.8 Å². The molecule has 0 radical (unpaired) electrons. The van der Waals surface area contributed by atoms with Gasteiger partial charge in [0.25, 0.3) is 0 Å². The lowest BCUT2D eigenvalue weighted by Gasteiger charge is -2.11. The number of nitrogens with one attached hydrogen (secondary N) is 6. The van der Waals surface area contributed by atoms with Crippen LogP contribution in [0.1, 0.15) is 31.8 Å². The van der Waals surface area contributed by atoms with E-state index in [9.17, 15) is 19.2 Å². The van der Waals surface area contributed by atoms with Crippen molar-refractivity contribution >= 4 is 46.8 Å². The fourth-order valence-electron chi connectivity index (χ4n) is 3.62. The standard InChI is InChI=1S/C29H26N6O6/c36-26(37)20-5-13-24(14-6-20)32-34-28(40)30-22-9-1-18(2-10-22)17-19-3-11-23(12-4-19)31-29(41)35-33-25-15-7-21(8-16-25)27(38)39/h1-16,32-33H,17H2,(H,36,37)(H,38,39)(H2,30,34,40)(H2,31,35,41). The average molecular weight is 555 g/mol. The van der Waals surface area contributed by atoms with Crippen LogP contribution in [0.15, 0.2) is 97.1 Å². The molecule has 0 unspecified atom stereocenters. The summed E-state index contributed by atoms with van der Waals surface area (Å²) in [6.45, 7) is 0. The summed E-state index contributed by atoms with van der Waals surface area (Å²) in [5.41, 5.74) is 15.0. The van der Waals surface area contributed by atoms with E-state index in [0.717, 1.165) is 11.1 Å². The van der Waals surface area contributed by atoms with Crippen LogP contribution in [0.3, 0.4) is 0 Å². The summed E-state index contributed by atoms with van der Waals surface area (Å²) in [7, 11) is 0. The number of rotatable bonds is 10. The summed E-state index contributed by atoms with van der Waals surface area (Å²) >= 11 is 0. The number of benzene rings is 4. The minimum Gasteiger partial charge on any atom is -0.478 e. The summed E-state index contributed by atoms with van der Waals surface area (Å²) in [6, 6.07) is 25.6. The van der Waals surface area contributed by atoms with Gasteiger partial charge in [0.15, 0.2) is 0 Å². The van der Waals surface area contributed by atoms with Crippen LogP contribution in [0, 0.1) is 0 Å². The first-order valence-electron chi connectivity index (χ1n) is 12.3. The lowest BCUT2D eigenvalue weighted by atomic mass is 10.0. The van der Waals surface area contributed by atoms with E-state index >= 15 is 0 Å². The summed E-state index contributed by atoms with van der Waals surface area (Å²) in [6.07, 6.45) is 0.640. The minimum atomic E-state index is -1.03. The van der Waals surface area contributed by atoms with Crippen molar-refractivity contribution in [2.75, 3.05) is 21.5 Å². The Morgan fingerprint density at radius 3 is 1.10 bits per heavy atom. The van der Waals surface area contributed by atoms with Crippen LogP contribution >= 0.6 is 0 Å². The number of hydrazine groups is 2. The third kappa shape index (κ3) is 8.48. The minimum absolute atomic E-state index is 0.147. The van der Waals surface area contributed by atoms with Crippen LogP contribution < -0.4 is 32.3 Å². The monoisotopic (exact) mass is 554 g/mol. The molecule has 0 atom stereocenters. The van der Waals surface area contributed by atoms with Gasteiger partial charge in [-0.05, 0) is 90.3 Å². The first kappa shape index (κ1) is 28.0. The molecule has 41 heavy (non-hydrogen) atoms. The van der Waals surface area contributed by atoms with Crippen molar-refractivity contribution in [3.8, 4) is 0 Å². The molecule has 0 heterocycles. The number of amides is 4. The molecule has 4 aromatic carbocycles. The van der Waals surface area contributed by atoms with Crippen LogP contribution in [0.5, 0.6) is 0 Å². The van der Waals surface area contributed by atoms with Gasteiger partial charge in [0.1, 0.15) is 0 Å². The summed E-state index contributed by atoms with van der Waals surface area (Å²) < 4.78 is 0. The number of anilines is 4. The zero-order valence-electron chi connectivity index (χ0n) is 21.5. The molecule has 0 fully saturated rings. The molecule has 8 N–H and O–H groups in total. The first-order valence-corrected chi connectivity index (χ1v) is 12.3. The van der Waals surface area contributed by atoms with Crippen LogP contribution in [-0.2, 0) is 6.42 Å². The molecule has 12 heteroatoms. The van der Waals surface area contributed by atoms with Gasteiger partial charge in [-0.25, -0.2) is 19.2 Å². The van der Waals surface area contributed by atoms with Crippen LogP contribution in [0.4, 0.5) is 32.3 Å². The molecule has 4 aromatic rings. The second kappa shape index (κ2) is 13.2. The highest BCUT2D eigenvalue weighted by molar-refractivity contribution is 5.91. The van der Waals surface area contributed by atoms with Crippen molar-refractivity contribution in [2.24, 2.45) is 0 Å². The van der Waals surface area contributed by atoms with E-state index in [4.69, 9.17) is 10.2 Å². The van der Waals surface area contributed by atoms with Crippen molar-refractivity contribution < 1.29 is 29.4 Å². The number of hydrogen-bond donors (Lipinski definition) is 8. The van der Waals surface area contributed by atoms with Crippen molar-refractivity contribution in [1.82, 2.24) is 10.9 Å². The highest BCUT2D eigenvalue weighted by atomic mass is 16.4. The van der Waals surface area contributed by atoms with E-state index in [-0.39, 0.29) is 11.1 Å². The van der Waals surface area contributed by atoms with E-state index in [0.29, 0.717) is 29.2 Å². The number of carboxylic acid groups (broad SMARTS) is 2. The maximum atomic E-state index is 12.2. The van der Waals surface area contributed by atoms with Crippen molar-refractivity contribution in [1.29, 1.82) is 0 Å². The van der Waals surface area contributed by atoms with Crippen LogP contribution in [0.2, 0.25) is 0 Å². The van der Waals surface area contributed by atoms with Crippen molar-refractivity contribution in [3.05, 3.63) is 119 Å². The predicted molar refractivity (Wildman–Crippen MR) is 154 cm³/mol. The van der Waals surface area contributed by atoms with Gasteiger partial charge in [0.2, 0.25) is 0 Å². The molecular formula is C29H26N6O6. The van der Waals surface area contributed by atoms with Crippen LogP contribution in [-0.4, -0.2) is 34.2 Å². The normalized spacial score (nSPS) is 10.1. The molecule has 0 bridgehead atoms. The molecule has 12 nitrogen and oxygen atoms in total. The Bertz CT molecular complexity index is 1410. The van der Waals surface area contributed by atoms with Gasteiger partial charge in [-0.2, -0.15) is 0 Å². The number of carboxylic acids is 2. The second-order valence-electron chi connectivity index (χ2n) is 8.74. The van der Waals surface area contributed by atoms with Crippen molar-refractivity contribution in [3.63, 3.8) is 0 Å². The Kier molecular flexibility index (Phi) is 8.98. The van der Waals surface area contributed by atoms with E-state index in [1.807, 2.05) is 24.3 Å². The smallest absolute Gasteiger partial charge is 0.337 e. The lowest BCUT2D eigenvalue weighted by molar-refractivity contribution is 0.0686. The van der Waals surface area contributed by atoms with E-state index in [2.05, 4.69) is 32.3 Å². The van der Waals surface area contributed by atoms with Gasteiger partial charge in [-0.1, -0.05) is 24.3 Å². The zero-order chi connectivity index (χ0) is 29.2. The molecular weight excluding hydrogens is 528 g/mol. The van der Waals surface area contributed by atoms with Gasteiger partial charge >= 0.3 is 24.0 Å². The molecule has 0 spiro atoms. The molecule has 4 amide bonds. The fourth-order valence-corrected chi connectivity index (χ4v) is 3.62. The molecule has 0 saturated carbocycles. The van der Waals surface area contributed by atoms with Crippen molar-refractivity contribution in [2.45, 2.75) is 6.42 Å². The number of urea groups is 2. The Morgan fingerprint density at radius 2 is 0.780 bits per heavy atom. The molecule has 0 aliphatic heterocycles. The maximum absolute atomic E-state index is 12.2. The summed E-state index contributed by atoms with van der Waals surface area (Å²) in [4.78, 5) is 46.1. The van der Waals surface area contributed by atoms with Gasteiger partial charge in [0, 0.05) is 11.4 Å². The van der Waals surface area contributed by atoms with Crippen LogP contribution in [0.25, 0.3) is 0 Å². The quantitative estimate of drug-likeness (QED) is 0.126. The van der Waals surface area contributed by atoms with E-state index in [1.165, 1.54) is 24.3 Å². The van der Waals surface area contributed by atoms with Gasteiger partial charge in [-0.15, -0.1) is 0 Å². The Hall–Kier alpha value is -6.04. The van der Waals surface area contributed by atoms with Gasteiger partial charge in [-0.3, -0.25) is 21.7 Å². The first-order chi connectivity index (χ1) is 19.7. The Morgan fingerprint density at radius 1 is 0.463 bits per heavy atom. The third-order valence-corrected chi connectivity index (χ3v) is 5.74. The average Bonchev–Trinajstić information content (AvgIpc) is 2.97. The molecule has 0 aliphatic carbocycles. The fraction of sp³-hybridized carbons (Fsp3) is 0.0345. The summed E-state index contributed by atoms with van der Waals surface area (Å²) in [5.74, 6) is -2.06. The molecule has 0 aromatic heterocycles. The predicted octanol–water partition coefficient (Wildman–Crippen LogP) is 4.97. The Labute approximate surface area is 234 Å². The number of carbonyl (C=O) groups is 4. The molecule has 208 valence electrons. The number of hydrogen-bond acceptors (Lipinski definition) is 6. The molecule has 0 saturated heterocycles. The lowest BCUT2D eigenvalue weighted by Crippen LogP contribution is -2.33. The van der Waals surface area contributed by atoms with E-state index < -0.39 is 24.0 Å². The highest BCUT2D eigenvalue weighted by Gasteiger charge is 2.06. The second-order valence-corrected chi connectivity index (χ2v) is 8.74. The third-order valence-electron chi connectivity index (χ3n) is 5.74. The number of carbonyl (C=O) groups excluding carboxylic acids is 2. The largest absolute Gasteiger partial charge is 0.478 e. The number of aromatic carboxylic acids is 2. The SMILES string of the molecule is O=C(NNc1ccc(C(=O)O)cc1)Nc1ccc(Cc2ccc(NC(=O)NNc3ccc(C(=O)O)cc3)cc2)cc1. The van der Waals surface area contributed by atoms with Gasteiger partial charge in [0.05, 0.1) is 22.5 Å². The Balaban J connectivity index is 1.20. The molecule has 4 rings (SSSR count). The van der Waals surface area contributed by atoms with E-state index in [1.54, 1.807) is 48.5 Å². The summed E-state index contributed by atoms with van der Waals surface area (Å²) in [5, 5.41) is 23.3. The molecule has 0 aliphatic rings.